The Balaban J connectivity index is 1.99. The van der Waals surface area contributed by atoms with E-state index in [-0.39, 0.29) is 11.8 Å². The van der Waals surface area contributed by atoms with Gasteiger partial charge in [0.25, 0.3) is 5.69 Å². The first-order valence-corrected chi connectivity index (χ1v) is 9.23. The number of non-ortho nitro benzene ring substituents is 1. The highest BCUT2D eigenvalue weighted by Crippen LogP contribution is 2.13. The molecule has 1 aliphatic heterocycles. The molecule has 1 heterocycles. The Morgan fingerprint density at radius 2 is 1.81 bits per heavy atom. The van der Waals surface area contributed by atoms with Gasteiger partial charge in [-0.2, -0.15) is 0 Å². The van der Waals surface area contributed by atoms with Gasteiger partial charge >= 0.3 is 6.09 Å². The molecule has 0 radical (unpaired) electrons. The van der Waals surface area contributed by atoms with Crippen LogP contribution in [0.2, 0.25) is 0 Å². The summed E-state index contributed by atoms with van der Waals surface area (Å²) in [5.41, 5.74) is 0.976. The Bertz CT molecular complexity index is 654. The van der Waals surface area contributed by atoms with Crippen molar-refractivity contribution in [2.45, 2.75) is 26.8 Å². The highest BCUT2D eigenvalue weighted by Gasteiger charge is 2.23. The van der Waals surface area contributed by atoms with E-state index in [1.165, 1.54) is 12.1 Å². The number of nitro benzene ring substituents is 1. The van der Waals surface area contributed by atoms with Crippen LogP contribution in [0.3, 0.4) is 0 Å². The van der Waals surface area contributed by atoms with Gasteiger partial charge in [-0.05, 0) is 18.9 Å². The molecular weight excluding hydrogens is 350 g/mol. The van der Waals surface area contributed by atoms with Crippen molar-refractivity contribution in [2.75, 3.05) is 39.3 Å². The lowest BCUT2D eigenvalue weighted by Crippen LogP contribution is -2.54. The number of nitro groups is 1. The highest BCUT2D eigenvalue weighted by atomic mass is 16.6. The van der Waals surface area contributed by atoms with Crippen molar-refractivity contribution in [3.63, 3.8) is 0 Å². The van der Waals surface area contributed by atoms with Crippen LogP contribution in [0.1, 0.15) is 25.8 Å². The topological polar surface area (TPSA) is 100 Å². The Labute approximate surface area is 159 Å². The third-order valence-electron chi connectivity index (χ3n) is 4.20. The number of piperazine rings is 1. The normalized spacial score (nSPS) is 14.8. The van der Waals surface area contributed by atoms with Gasteiger partial charge in [0.2, 0.25) is 0 Å². The Morgan fingerprint density at radius 3 is 2.37 bits per heavy atom. The standard InChI is InChI=1S/C18H27N5O4/c1-3-9-19-17(20-14-15-5-7-16(8-6-15)23(25)26)21-10-12-22(13-11-21)18(24)27-4-2/h5-8H,3-4,9-14H2,1-2H3,(H,19,20). The van der Waals surface area contributed by atoms with Crippen molar-refractivity contribution >= 4 is 17.7 Å². The number of amides is 1. The molecule has 9 heteroatoms. The number of ether oxygens (including phenoxy) is 1. The number of benzene rings is 1. The van der Waals surface area contributed by atoms with E-state index in [9.17, 15) is 14.9 Å². The van der Waals surface area contributed by atoms with Gasteiger partial charge in [0.05, 0.1) is 18.1 Å². The fraction of sp³-hybridized carbons (Fsp3) is 0.556. The number of nitrogens with one attached hydrogen (secondary N) is 1. The first-order chi connectivity index (χ1) is 13.0. The quantitative estimate of drug-likeness (QED) is 0.353. The predicted octanol–water partition coefficient (Wildman–Crippen LogP) is 2.22. The summed E-state index contributed by atoms with van der Waals surface area (Å²) in [6.45, 7) is 8.01. The summed E-state index contributed by atoms with van der Waals surface area (Å²) in [5.74, 6) is 0.790. The van der Waals surface area contributed by atoms with Gasteiger partial charge in [-0.25, -0.2) is 9.79 Å². The van der Waals surface area contributed by atoms with Crippen LogP contribution in [0, 0.1) is 10.1 Å². The summed E-state index contributed by atoms with van der Waals surface area (Å²) in [5, 5.41) is 14.1. The number of hydrogen-bond donors (Lipinski definition) is 1. The van der Waals surface area contributed by atoms with E-state index in [0.29, 0.717) is 39.3 Å². The molecule has 1 aliphatic rings. The Kier molecular flexibility index (Phi) is 7.84. The van der Waals surface area contributed by atoms with Crippen molar-refractivity contribution in [2.24, 2.45) is 4.99 Å². The van der Waals surface area contributed by atoms with Crippen molar-refractivity contribution in [3.8, 4) is 0 Å². The molecule has 0 saturated carbocycles. The molecule has 2 rings (SSSR count). The van der Waals surface area contributed by atoms with E-state index in [4.69, 9.17) is 4.74 Å². The zero-order valence-corrected chi connectivity index (χ0v) is 15.9. The fourth-order valence-electron chi connectivity index (χ4n) is 2.71. The second-order valence-corrected chi connectivity index (χ2v) is 6.16. The van der Waals surface area contributed by atoms with Gasteiger partial charge < -0.3 is 19.9 Å². The van der Waals surface area contributed by atoms with Crippen LogP contribution < -0.4 is 5.32 Å². The molecule has 0 aromatic heterocycles. The van der Waals surface area contributed by atoms with Crippen LogP contribution in [-0.2, 0) is 11.3 Å². The Hall–Kier alpha value is -2.84. The first-order valence-electron chi connectivity index (χ1n) is 9.23. The van der Waals surface area contributed by atoms with Crippen LogP contribution >= 0.6 is 0 Å². The summed E-state index contributed by atoms with van der Waals surface area (Å²) >= 11 is 0. The zero-order chi connectivity index (χ0) is 19.6. The van der Waals surface area contributed by atoms with Crippen molar-refractivity contribution < 1.29 is 14.5 Å². The molecule has 0 atom stereocenters. The third-order valence-corrected chi connectivity index (χ3v) is 4.20. The molecule has 1 fully saturated rings. The molecular formula is C18H27N5O4. The fourth-order valence-corrected chi connectivity index (χ4v) is 2.71. The van der Waals surface area contributed by atoms with E-state index in [0.717, 1.165) is 24.5 Å². The summed E-state index contributed by atoms with van der Waals surface area (Å²) in [6.07, 6.45) is 0.697. The number of nitrogens with zero attached hydrogens (tertiary/aromatic N) is 4. The van der Waals surface area contributed by atoms with E-state index >= 15 is 0 Å². The highest BCUT2D eigenvalue weighted by molar-refractivity contribution is 5.80. The monoisotopic (exact) mass is 377 g/mol. The molecule has 1 aromatic rings. The van der Waals surface area contributed by atoms with Gasteiger partial charge in [0, 0.05) is 44.9 Å². The molecule has 27 heavy (non-hydrogen) atoms. The van der Waals surface area contributed by atoms with Crippen LogP contribution in [0.4, 0.5) is 10.5 Å². The molecule has 1 amide bonds. The molecule has 0 aliphatic carbocycles. The summed E-state index contributed by atoms with van der Waals surface area (Å²) in [4.78, 5) is 30.6. The second kappa shape index (κ2) is 10.3. The Morgan fingerprint density at radius 1 is 1.19 bits per heavy atom. The van der Waals surface area contributed by atoms with Crippen LogP contribution in [0.5, 0.6) is 0 Å². The molecule has 9 nitrogen and oxygen atoms in total. The average Bonchev–Trinajstić information content (AvgIpc) is 2.69. The van der Waals surface area contributed by atoms with Gasteiger partial charge in [-0.15, -0.1) is 0 Å². The van der Waals surface area contributed by atoms with E-state index in [2.05, 4.69) is 22.1 Å². The largest absolute Gasteiger partial charge is 0.450 e. The van der Waals surface area contributed by atoms with Gasteiger partial charge in [-0.3, -0.25) is 10.1 Å². The summed E-state index contributed by atoms with van der Waals surface area (Å²) < 4.78 is 5.05. The smallest absolute Gasteiger partial charge is 0.409 e. The van der Waals surface area contributed by atoms with Crippen molar-refractivity contribution in [3.05, 3.63) is 39.9 Å². The van der Waals surface area contributed by atoms with E-state index in [1.54, 1.807) is 24.0 Å². The minimum Gasteiger partial charge on any atom is -0.450 e. The minimum absolute atomic E-state index is 0.0714. The number of guanidine groups is 1. The first kappa shape index (κ1) is 20.5. The molecule has 1 saturated heterocycles. The maximum atomic E-state index is 11.8. The maximum absolute atomic E-state index is 11.8. The average molecular weight is 377 g/mol. The van der Waals surface area contributed by atoms with Gasteiger partial charge in [0.1, 0.15) is 0 Å². The summed E-state index contributed by atoms with van der Waals surface area (Å²) in [6, 6.07) is 6.42. The molecule has 0 spiro atoms. The van der Waals surface area contributed by atoms with Gasteiger partial charge in [0.15, 0.2) is 5.96 Å². The number of hydrogen-bond acceptors (Lipinski definition) is 5. The number of carbonyl (C=O) groups excluding carboxylic acids is 1. The molecule has 0 unspecified atom stereocenters. The minimum atomic E-state index is -0.412. The zero-order valence-electron chi connectivity index (χ0n) is 15.9. The molecule has 1 N–H and O–H groups in total. The van der Waals surface area contributed by atoms with E-state index < -0.39 is 4.92 Å². The number of carbonyl (C=O) groups is 1. The molecule has 1 aromatic carbocycles. The van der Waals surface area contributed by atoms with E-state index in [1.807, 2.05) is 0 Å². The third kappa shape index (κ3) is 6.12. The van der Waals surface area contributed by atoms with Crippen molar-refractivity contribution in [1.82, 2.24) is 15.1 Å². The van der Waals surface area contributed by atoms with Crippen LogP contribution in [-0.4, -0.2) is 66.1 Å². The lowest BCUT2D eigenvalue weighted by Gasteiger charge is -2.36. The summed E-state index contributed by atoms with van der Waals surface area (Å²) in [7, 11) is 0. The number of rotatable bonds is 6. The SMILES string of the molecule is CCCNC(=NCc1ccc([N+](=O)[O-])cc1)N1CCN(C(=O)OCC)CC1. The molecule has 148 valence electrons. The molecule has 0 bridgehead atoms. The van der Waals surface area contributed by atoms with Crippen molar-refractivity contribution in [1.29, 1.82) is 0 Å². The van der Waals surface area contributed by atoms with Gasteiger partial charge in [-0.1, -0.05) is 19.1 Å². The van der Waals surface area contributed by atoms with Crippen LogP contribution in [0.15, 0.2) is 29.3 Å². The second-order valence-electron chi connectivity index (χ2n) is 6.16. The lowest BCUT2D eigenvalue weighted by atomic mass is 10.2. The van der Waals surface area contributed by atoms with Crippen LogP contribution in [0.25, 0.3) is 0 Å². The maximum Gasteiger partial charge on any atom is 0.409 e. The predicted molar refractivity (Wildman–Crippen MR) is 103 cm³/mol. The number of aliphatic imine (C=N–C) groups is 1. The lowest BCUT2D eigenvalue weighted by molar-refractivity contribution is -0.384.